The van der Waals surface area contributed by atoms with E-state index in [0.29, 0.717) is 0 Å². The number of halogens is 3. The summed E-state index contributed by atoms with van der Waals surface area (Å²) in [5.74, 6) is -0.308. The fraction of sp³-hybridized carbons (Fsp3) is 0.500. The Morgan fingerprint density at radius 3 is 2.23 bits per heavy atom. The molecule has 0 atom stereocenters. The summed E-state index contributed by atoms with van der Waals surface area (Å²) in [5.41, 5.74) is 0. The molecule has 0 aromatic rings. The fourth-order valence-electron chi connectivity index (χ4n) is 0.586. The zero-order chi connectivity index (χ0) is 10.5. The topological polar surface area (TPSA) is 29.5 Å². The van der Waals surface area contributed by atoms with Crippen LogP contribution in [0.15, 0.2) is 23.7 Å². The highest BCUT2D eigenvalue weighted by molar-refractivity contribution is 5.09. The van der Waals surface area contributed by atoms with Crippen LogP contribution in [0.5, 0.6) is 0 Å². The van der Waals surface area contributed by atoms with Gasteiger partial charge in [0.25, 0.3) is 0 Å². The lowest BCUT2D eigenvalue weighted by Crippen LogP contribution is -2.12. The van der Waals surface area contributed by atoms with Crippen molar-refractivity contribution in [2.45, 2.75) is 26.6 Å². The maximum atomic E-state index is 11.7. The molecular weight excluding hydrogens is 185 g/mol. The van der Waals surface area contributed by atoms with Crippen LogP contribution in [-0.2, 0) is 4.74 Å². The first-order valence-electron chi connectivity index (χ1n) is 3.67. The number of aliphatic hydroxyl groups excluding tert-OH is 1. The summed E-state index contributed by atoms with van der Waals surface area (Å²) in [6, 6.07) is 0. The molecule has 0 spiro atoms. The summed E-state index contributed by atoms with van der Waals surface area (Å²) < 4.78 is 38.7. The van der Waals surface area contributed by atoms with Gasteiger partial charge in [-0.15, -0.1) is 13.2 Å². The molecule has 0 unspecified atom stereocenters. The predicted octanol–water partition coefficient (Wildman–Crippen LogP) is 3.28. The zero-order valence-electron chi connectivity index (χ0n) is 7.35. The molecule has 0 radical (unpaired) electrons. The second kappa shape index (κ2) is 4.79. The molecule has 0 aromatic carbocycles. The van der Waals surface area contributed by atoms with Crippen LogP contribution in [0, 0.1) is 0 Å². The average molecular weight is 196 g/mol. The Morgan fingerprint density at radius 2 is 1.92 bits per heavy atom. The van der Waals surface area contributed by atoms with E-state index < -0.39 is 6.36 Å². The lowest BCUT2D eigenvalue weighted by atomic mass is 10.3. The summed E-state index contributed by atoms with van der Waals surface area (Å²) in [6.45, 7) is 2.88. The number of hydrogen-bond acceptors (Lipinski definition) is 2. The van der Waals surface area contributed by atoms with Crippen molar-refractivity contribution < 1.29 is 23.0 Å². The second-order valence-electron chi connectivity index (χ2n) is 2.34. The summed E-state index contributed by atoms with van der Waals surface area (Å²) in [5, 5.41) is 8.67. The van der Waals surface area contributed by atoms with Crippen molar-refractivity contribution in [1.29, 1.82) is 0 Å². The fourth-order valence-corrected chi connectivity index (χ4v) is 0.586. The quantitative estimate of drug-likeness (QED) is 0.554. The lowest BCUT2D eigenvalue weighted by Gasteiger charge is -2.09. The van der Waals surface area contributed by atoms with Crippen molar-refractivity contribution in [2.24, 2.45) is 0 Å². The highest BCUT2D eigenvalue weighted by Crippen LogP contribution is 2.22. The first kappa shape index (κ1) is 11.9. The molecule has 0 aliphatic heterocycles. The summed E-state index contributed by atoms with van der Waals surface area (Å²) >= 11 is 0. The van der Waals surface area contributed by atoms with Crippen molar-refractivity contribution >= 4 is 0 Å². The van der Waals surface area contributed by atoms with Gasteiger partial charge in [0.1, 0.15) is 5.76 Å². The molecule has 0 aliphatic rings. The average Bonchev–Trinajstić information content (AvgIpc) is 1.95. The Labute approximate surface area is 74.3 Å². The minimum absolute atomic E-state index is 0.0725. The minimum Gasteiger partial charge on any atom is -0.513 e. The van der Waals surface area contributed by atoms with E-state index >= 15 is 0 Å². The first-order chi connectivity index (χ1) is 5.85. The van der Waals surface area contributed by atoms with E-state index in [-0.39, 0.29) is 17.9 Å². The van der Waals surface area contributed by atoms with Crippen molar-refractivity contribution in [2.75, 3.05) is 0 Å². The molecule has 0 saturated heterocycles. The number of hydrogen-bond donors (Lipinski definition) is 1. The van der Waals surface area contributed by atoms with Crippen LogP contribution >= 0.6 is 0 Å². The highest BCUT2D eigenvalue weighted by atomic mass is 19.4. The van der Waals surface area contributed by atoms with Crippen molar-refractivity contribution in [1.82, 2.24) is 0 Å². The Kier molecular flexibility index (Phi) is 4.37. The molecule has 2 nitrogen and oxygen atoms in total. The van der Waals surface area contributed by atoms with Crippen LogP contribution in [-0.4, -0.2) is 11.5 Å². The number of ether oxygens (including phenoxy) is 1. The van der Waals surface area contributed by atoms with Gasteiger partial charge in [0.05, 0.1) is 5.76 Å². The Hall–Kier alpha value is -1.13. The number of rotatable bonds is 3. The van der Waals surface area contributed by atoms with Crippen LogP contribution < -0.4 is 0 Å². The minimum atomic E-state index is -4.67. The monoisotopic (exact) mass is 196 g/mol. The smallest absolute Gasteiger partial charge is 0.513 e. The normalized spacial score (nSPS) is 14.5. The molecule has 13 heavy (non-hydrogen) atoms. The van der Waals surface area contributed by atoms with Crippen molar-refractivity contribution in [3.63, 3.8) is 0 Å². The van der Waals surface area contributed by atoms with E-state index in [2.05, 4.69) is 4.74 Å². The van der Waals surface area contributed by atoms with Gasteiger partial charge in [-0.1, -0.05) is 6.92 Å². The third-order valence-electron chi connectivity index (χ3n) is 1.11. The summed E-state index contributed by atoms with van der Waals surface area (Å²) in [7, 11) is 0. The van der Waals surface area contributed by atoms with E-state index in [1.807, 2.05) is 0 Å². The molecule has 0 saturated carbocycles. The van der Waals surface area contributed by atoms with Gasteiger partial charge in [-0.05, 0) is 19.1 Å². The van der Waals surface area contributed by atoms with Gasteiger partial charge >= 0.3 is 6.36 Å². The SMILES string of the molecule is CC/C(=C\C=C(/C)O)OC(F)(F)F. The van der Waals surface area contributed by atoms with Gasteiger partial charge < -0.3 is 9.84 Å². The molecule has 1 N–H and O–H groups in total. The van der Waals surface area contributed by atoms with Crippen LogP contribution in [0.4, 0.5) is 13.2 Å². The van der Waals surface area contributed by atoms with Crippen LogP contribution in [0.25, 0.3) is 0 Å². The third kappa shape index (κ3) is 7.24. The summed E-state index contributed by atoms with van der Waals surface area (Å²) in [4.78, 5) is 0. The molecule has 76 valence electrons. The largest absolute Gasteiger partial charge is 0.572 e. The molecule has 0 heterocycles. The van der Waals surface area contributed by atoms with Crippen LogP contribution in [0.1, 0.15) is 20.3 Å². The summed E-state index contributed by atoms with van der Waals surface area (Å²) in [6.07, 6.45) is -2.32. The molecule has 0 rings (SSSR count). The van der Waals surface area contributed by atoms with E-state index in [4.69, 9.17) is 5.11 Å². The first-order valence-corrected chi connectivity index (χ1v) is 3.67. The molecule has 0 fully saturated rings. The highest BCUT2D eigenvalue weighted by Gasteiger charge is 2.31. The maximum absolute atomic E-state index is 11.7. The van der Waals surface area contributed by atoms with E-state index in [1.54, 1.807) is 0 Å². The third-order valence-corrected chi connectivity index (χ3v) is 1.11. The van der Waals surface area contributed by atoms with Gasteiger partial charge in [-0.3, -0.25) is 0 Å². The van der Waals surface area contributed by atoms with Gasteiger partial charge in [-0.25, -0.2) is 0 Å². The zero-order valence-corrected chi connectivity index (χ0v) is 7.35. The van der Waals surface area contributed by atoms with E-state index in [1.165, 1.54) is 13.8 Å². The van der Waals surface area contributed by atoms with Crippen LogP contribution in [0.2, 0.25) is 0 Å². The van der Waals surface area contributed by atoms with E-state index in [0.717, 1.165) is 12.2 Å². The second-order valence-corrected chi connectivity index (χ2v) is 2.34. The molecule has 0 amide bonds. The van der Waals surface area contributed by atoms with Gasteiger partial charge in [0, 0.05) is 6.42 Å². The molecule has 0 aromatic heterocycles. The standard InChI is InChI=1S/C8H11F3O2/c1-3-7(5-4-6(2)12)13-8(9,10)11/h4-5,12H,3H2,1-2H3/b6-4+,7-5+. The molecule has 0 aliphatic carbocycles. The Morgan fingerprint density at radius 1 is 1.38 bits per heavy atom. The van der Waals surface area contributed by atoms with Gasteiger partial charge in [-0.2, -0.15) is 0 Å². The van der Waals surface area contributed by atoms with Crippen LogP contribution in [0.3, 0.4) is 0 Å². The maximum Gasteiger partial charge on any atom is 0.572 e. The van der Waals surface area contributed by atoms with Gasteiger partial charge in [0.2, 0.25) is 0 Å². The van der Waals surface area contributed by atoms with Crippen molar-refractivity contribution in [3.8, 4) is 0 Å². The molecule has 5 heteroatoms. The Balaban J connectivity index is 4.35. The molecule has 0 bridgehead atoms. The van der Waals surface area contributed by atoms with Gasteiger partial charge in [0.15, 0.2) is 0 Å². The lowest BCUT2D eigenvalue weighted by molar-refractivity contribution is -0.306. The number of aliphatic hydroxyl groups is 1. The van der Waals surface area contributed by atoms with Crippen molar-refractivity contribution in [3.05, 3.63) is 23.7 Å². The van der Waals surface area contributed by atoms with E-state index in [9.17, 15) is 13.2 Å². The number of allylic oxidation sites excluding steroid dienone is 4. The Bertz CT molecular complexity index is 212. The number of alkyl halides is 3. The predicted molar refractivity (Wildman–Crippen MR) is 41.9 cm³/mol. The molecular formula is C8H11F3O2.